The van der Waals surface area contributed by atoms with Crippen LogP contribution in [0, 0.1) is 0 Å². The van der Waals surface area contributed by atoms with Crippen molar-refractivity contribution in [2.75, 3.05) is 16.8 Å². The molecule has 0 saturated heterocycles. The van der Waals surface area contributed by atoms with Crippen LogP contribution < -0.4 is 16.8 Å². The lowest BCUT2D eigenvalue weighted by Crippen LogP contribution is -2.11. The molecule has 1 aromatic rings. The van der Waals surface area contributed by atoms with E-state index in [1.165, 1.54) is 0 Å². The van der Waals surface area contributed by atoms with Gasteiger partial charge in [0.1, 0.15) is 0 Å². The minimum atomic E-state index is 0.385. The highest BCUT2D eigenvalue weighted by atomic mass is 14.9. The fourth-order valence-corrected chi connectivity index (χ4v) is 1.02. The van der Waals surface area contributed by atoms with Crippen molar-refractivity contribution < 1.29 is 0 Å². The maximum absolute atomic E-state index is 5.73. The Balaban J connectivity index is 2.86. The molecule has 0 aliphatic heterocycles. The predicted molar refractivity (Wildman–Crippen MR) is 54.0 cm³/mol. The van der Waals surface area contributed by atoms with E-state index in [4.69, 9.17) is 11.5 Å². The van der Waals surface area contributed by atoms with Crippen LogP contribution in [0.2, 0.25) is 0 Å². The monoisotopic (exact) mass is 165 g/mol. The summed E-state index contributed by atoms with van der Waals surface area (Å²) in [5, 5.41) is 3.22. The zero-order chi connectivity index (χ0) is 9.14. The smallest absolute Gasteiger partial charge is 0.0577 e. The molecule has 0 spiro atoms. The third kappa shape index (κ3) is 2.05. The van der Waals surface area contributed by atoms with Crippen LogP contribution in [-0.2, 0) is 0 Å². The lowest BCUT2D eigenvalue weighted by atomic mass is 10.2. The molecule has 0 unspecified atom stereocenters. The van der Waals surface area contributed by atoms with Crippen molar-refractivity contribution in [3.05, 3.63) is 18.2 Å². The van der Waals surface area contributed by atoms with Gasteiger partial charge in [-0.1, -0.05) is 0 Å². The van der Waals surface area contributed by atoms with E-state index in [2.05, 4.69) is 19.2 Å². The highest BCUT2D eigenvalue weighted by Crippen LogP contribution is 2.21. The van der Waals surface area contributed by atoms with Crippen LogP contribution in [0.4, 0.5) is 17.1 Å². The third-order valence-corrected chi connectivity index (χ3v) is 1.52. The van der Waals surface area contributed by atoms with Gasteiger partial charge >= 0.3 is 0 Å². The number of benzene rings is 1. The molecule has 0 saturated carbocycles. The molecule has 5 N–H and O–H groups in total. The summed E-state index contributed by atoms with van der Waals surface area (Å²) < 4.78 is 0. The molecule has 0 atom stereocenters. The Labute approximate surface area is 72.8 Å². The summed E-state index contributed by atoms with van der Waals surface area (Å²) in [6.45, 7) is 4.13. The van der Waals surface area contributed by atoms with Gasteiger partial charge in [0.15, 0.2) is 0 Å². The first-order chi connectivity index (χ1) is 5.59. The fourth-order valence-electron chi connectivity index (χ4n) is 1.02. The first kappa shape index (κ1) is 8.71. The third-order valence-electron chi connectivity index (χ3n) is 1.52. The Hall–Kier alpha value is -1.38. The molecule has 3 nitrogen and oxygen atoms in total. The highest BCUT2D eigenvalue weighted by Gasteiger charge is 1.99. The van der Waals surface area contributed by atoms with Gasteiger partial charge in [-0.05, 0) is 32.0 Å². The first-order valence-electron chi connectivity index (χ1n) is 4.01. The maximum Gasteiger partial charge on any atom is 0.0577 e. The molecule has 0 aliphatic rings. The largest absolute Gasteiger partial charge is 0.399 e. The minimum Gasteiger partial charge on any atom is -0.399 e. The molecule has 0 fully saturated rings. The van der Waals surface area contributed by atoms with E-state index in [9.17, 15) is 0 Å². The maximum atomic E-state index is 5.73. The van der Waals surface area contributed by atoms with Gasteiger partial charge in [0, 0.05) is 11.7 Å². The van der Waals surface area contributed by atoms with Gasteiger partial charge in [0.05, 0.1) is 11.4 Å². The van der Waals surface area contributed by atoms with Crippen molar-refractivity contribution in [1.82, 2.24) is 0 Å². The SMILES string of the molecule is CC(C)Nc1ccc(N)cc1N. The van der Waals surface area contributed by atoms with Gasteiger partial charge in [-0.25, -0.2) is 0 Å². The second-order valence-electron chi connectivity index (χ2n) is 3.15. The molecule has 0 amide bonds. The van der Waals surface area contributed by atoms with Crippen molar-refractivity contribution in [2.24, 2.45) is 0 Å². The minimum absolute atomic E-state index is 0.385. The van der Waals surface area contributed by atoms with E-state index in [1.54, 1.807) is 6.07 Å². The Morgan fingerprint density at radius 3 is 2.42 bits per heavy atom. The van der Waals surface area contributed by atoms with Gasteiger partial charge in [0.2, 0.25) is 0 Å². The second-order valence-corrected chi connectivity index (χ2v) is 3.15. The summed E-state index contributed by atoms with van der Waals surface area (Å²) in [5.74, 6) is 0. The van der Waals surface area contributed by atoms with Crippen LogP contribution in [-0.4, -0.2) is 6.04 Å². The van der Waals surface area contributed by atoms with Crippen molar-refractivity contribution in [3.8, 4) is 0 Å². The topological polar surface area (TPSA) is 64.1 Å². The summed E-state index contributed by atoms with van der Waals surface area (Å²) in [5.41, 5.74) is 13.6. The number of rotatable bonds is 2. The zero-order valence-electron chi connectivity index (χ0n) is 7.46. The Kier molecular flexibility index (Phi) is 2.43. The van der Waals surface area contributed by atoms with E-state index in [0.717, 1.165) is 5.69 Å². The van der Waals surface area contributed by atoms with Crippen LogP contribution >= 0.6 is 0 Å². The molecule has 0 aromatic heterocycles. The van der Waals surface area contributed by atoms with Crippen molar-refractivity contribution in [3.63, 3.8) is 0 Å². The molecule has 66 valence electrons. The summed E-state index contributed by atoms with van der Waals surface area (Å²) >= 11 is 0. The zero-order valence-corrected chi connectivity index (χ0v) is 7.46. The van der Waals surface area contributed by atoms with E-state index in [0.29, 0.717) is 17.4 Å². The number of anilines is 3. The first-order valence-corrected chi connectivity index (χ1v) is 4.01. The van der Waals surface area contributed by atoms with Crippen LogP contribution in [0.3, 0.4) is 0 Å². The predicted octanol–water partition coefficient (Wildman–Crippen LogP) is 1.67. The Morgan fingerprint density at radius 2 is 1.92 bits per heavy atom. The molecule has 12 heavy (non-hydrogen) atoms. The lowest BCUT2D eigenvalue weighted by Gasteiger charge is -2.12. The number of nitrogen functional groups attached to an aromatic ring is 2. The van der Waals surface area contributed by atoms with Gasteiger partial charge < -0.3 is 16.8 Å². The molecule has 0 heterocycles. The summed E-state index contributed by atoms with van der Waals surface area (Å²) in [6.07, 6.45) is 0. The lowest BCUT2D eigenvalue weighted by molar-refractivity contribution is 0.900. The molecular formula is C9H15N3. The number of nitrogens with one attached hydrogen (secondary N) is 1. The summed E-state index contributed by atoms with van der Waals surface area (Å²) in [4.78, 5) is 0. The van der Waals surface area contributed by atoms with Gasteiger partial charge in [-0.2, -0.15) is 0 Å². The normalized spacial score (nSPS) is 10.2. The van der Waals surface area contributed by atoms with Crippen molar-refractivity contribution >= 4 is 17.1 Å². The van der Waals surface area contributed by atoms with E-state index in [1.807, 2.05) is 12.1 Å². The molecule has 1 aromatic carbocycles. The van der Waals surface area contributed by atoms with Crippen LogP contribution in [0.15, 0.2) is 18.2 Å². The van der Waals surface area contributed by atoms with Crippen LogP contribution in [0.25, 0.3) is 0 Å². The molecule has 3 heteroatoms. The van der Waals surface area contributed by atoms with Gasteiger partial charge in [0.25, 0.3) is 0 Å². The van der Waals surface area contributed by atoms with E-state index < -0.39 is 0 Å². The molecule has 0 bridgehead atoms. The highest BCUT2D eigenvalue weighted by molar-refractivity contribution is 5.70. The fraction of sp³-hybridized carbons (Fsp3) is 0.333. The number of hydrogen-bond acceptors (Lipinski definition) is 3. The van der Waals surface area contributed by atoms with Gasteiger partial charge in [-0.15, -0.1) is 0 Å². The molecule has 1 rings (SSSR count). The van der Waals surface area contributed by atoms with Crippen LogP contribution in [0.1, 0.15) is 13.8 Å². The number of hydrogen-bond donors (Lipinski definition) is 3. The molecule has 0 aliphatic carbocycles. The molecular weight excluding hydrogens is 150 g/mol. The molecule has 0 radical (unpaired) electrons. The Bertz CT molecular complexity index is 268. The Morgan fingerprint density at radius 1 is 1.25 bits per heavy atom. The average Bonchev–Trinajstić information content (AvgIpc) is 1.94. The number of nitrogens with two attached hydrogens (primary N) is 2. The van der Waals surface area contributed by atoms with E-state index in [-0.39, 0.29) is 0 Å². The summed E-state index contributed by atoms with van der Waals surface area (Å²) in [7, 11) is 0. The van der Waals surface area contributed by atoms with Crippen molar-refractivity contribution in [2.45, 2.75) is 19.9 Å². The van der Waals surface area contributed by atoms with Crippen molar-refractivity contribution in [1.29, 1.82) is 0 Å². The average molecular weight is 165 g/mol. The van der Waals surface area contributed by atoms with Crippen LogP contribution in [0.5, 0.6) is 0 Å². The summed E-state index contributed by atoms with van der Waals surface area (Å²) in [6, 6.07) is 5.87. The quantitative estimate of drug-likeness (QED) is 0.584. The second kappa shape index (κ2) is 3.34. The van der Waals surface area contributed by atoms with E-state index >= 15 is 0 Å². The van der Waals surface area contributed by atoms with Gasteiger partial charge in [-0.3, -0.25) is 0 Å². The standard InChI is InChI=1S/C9H15N3/c1-6(2)12-9-4-3-7(10)5-8(9)11/h3-6,12H,10-11H2,1-2H3.